The quantitative estimate of drug-likeness (QED) is 0.221. The Balaban J connectivity index is 1.13. The highest BCUT2D eigenvalue weighted by molar-refractivity contribution is 6.33. The summed E-state index contributed by atoms with van der Waals surface area (Å²) in [5.41, 5.74) is 0.870. The van der Waals surface area contributed by atoms with E-state index in [9.17, 15) is 32.7 Å². The van der Waals surface area contributed by atoms with Crippen LogP contribution in [0.3, 0.4) is 0 Å². The van der Waals surface area contributed by atoms with Crippen molar-refractivity contribution >= 4 is 45.8 Å². The zero-order chi connectivity index (χ0) is 37.8. The second kappa shape index (κ2) is 11.9. The molecule has 1 saturated heterocycles. The lowest BCUT2D eigenvalue weighted by Crippen LogP contribution is -2.63. The number of halogens is 4. The Kier molecular flexibility index (Phi) is 7.51. The van der Waals surface area contributed by atoms with Crippen LogP contribution in [0.15, 0.2) is 47.4 Å². The highest BCUT2D eigenvalue weighted by Gasteiger charge is 2.59. The molecule has 2 fully saturated rings. The molecule has 9 rings (SSSR count). The van der Waals surface area contributed by atoms with Crippen LogP contribution in [0.4, 0.5) is 18.9 Å². The SMILES string of the molecule is Cc1n[nH]c(C(=O)N2CCC3(CCc4c3c(=O)n3nc(-c5ccc6cn(C)nc6c5)nc3n4CC(=O)Nc3ccc(C(F)(F)F)cc3Cl)C3CCC32)c1O. The fourth-order valence-electron chi connectivity index (χ4n) is 8.78. The summed E-state index contributed by atoms with van der Waals surface area (Å²) >= 11 is 6.18. The molecular weight excluding hydrogens is 729 g/mol. The summed E-state index contributed by atoms with van der Waals surface area (Å²) in [5, 5.41) is 29.5. The maximum atomic E-state index is 14.7. The number of nitrogens with zero attached hydrogens (tertiary/aromatic N) is 8. The van der Waals surface area contributed by atoms with Gasteiger partial charge in [0, 0.05) is 53.5 Å². The number of carbonyl (C=O) groups excluding carboxylic acids is 2. The summed E-state index contributed by atoms with van der Waals surface area (Å²) in [6, 6.07) is 8.02. The van der Waals surface area contributed by atoms with Crippen molar-refractivity contribution in [2.45, 2.75) is 63.2 Å². The molecule has 6 aromatic rings. The van der Waals surface area contributed by atoms with E-state index in [1.54, 1.807) is 21.1 Å². The standard InChI is InChI=1S/C36H32ClF3N10O4/c1-17-30(52)29(44-43-17)33(54)48-12-11-35(21-6-8-25(21)48)10-9-26-28(35)32(53)50-34(42-31(46-50)18-3-4-19-15-47(2)45-24(19)13-18)49(26)16-27(51)41-23-7-5-20(14-22(23)37)36(38,39)40/h3-5,7,13-15,21,25,52H,6,8-12,16H2,1-2H3,(H,41,51)(H,43,44). The highest BCUT2D eigenvalue weighted by atomic mass is 35.5. The van der Waals surface area contributed by atoms with Gasteiger partial charge in [0.15, 0.2) is 17.3 Å². The summed E-state index contributed by atoms with van der Waals surface area (Å²) in [4.78, 5) is 48.6. The van der Waals surface area contributed by atoms with E-state index in [0.717, 1.165) is 36.4 Å². The van der Waals surface area contributed by atoms with Gasteiger partial charge in [0.1, 0.15) is 12.2 Å². The fourth-order valence-corrected chi connectivity index (χ4v) is 9.01. The molecule has 3 aliphatic rings. The number of aryl methyl sites for hydroxylation is 2. The van der Waals surface area contributed by atoms with Crippen molar-refractivity contribution in [1.29, 1.82) is 0 Å². The van der Waals surface area contributed by atoms with E-state index in [2.05, 4.69) is 25.7 Å². The minimum Gasteiger partial charge on any atom is -0.504 e. The van der Waals surface area contributed by atoms with Crippen molar-refractivity contribution in [2.75, 3.05) is 11.9 Å². The molecule has 3 N–H and O–H groups in total. The van der Waals surface area contributed by atoms with E-state index >= 15 is 0 Å². The number of amides is 2. The monoisotopic (exact) mass is 760 g/mol. The number of aromatic amines is 1. The Labute approximate surface area is 308 Å². The predicted molar refractivity (Wildman–Crippen MR) is 189 cm³/mol. The van der Waals surface area contributed by atoms with E-state index in [0.29, 0.717) is 53.8 Å². The predicted octanol–water partition coefficient (Wildman–Crippen LogP) is 5.00. The first-order chi connectivity index (χ1) is 25.7. The lowest BCUT2D eigenvalue weighted by atomic mass is 9.56. The Morgan fingerprint density at radius 3 is 2.65 bits per heavy atom. The fraction of sp³-hybridized carbons (Fsp3) is 0.361. The molecule has 2 aliphatic carbocycles. The summed E-state index contributed by atoms with van der Waals surface area (Å²) in [7, 11) is 1.81. The second-order valence-corrected chi connectivity index (χ2v) is 14.8. The number of H-pyrrole nitrogens is 1. The minimum absolute atomic E-state index is 0.00138. The molecule has 1 saturated carbocycles. The number of aromatic hydroxyl groups is 1. The van der Waals surface area contributed by atoms with Crippen molar-refractivity contribution in [3.8, 4) is 17.1 Å². The zero-order valence-corrected chi connectivity index (χ0v) is 29.7. The van der Waals surface area contributed by atoms with Gasteiger partial charge in [0.25, 0.3) is 11.5 Å². The molecule has 1 aliphatic heterocycles. The summed E-state index contributed by atoms with van der Waals surface area (Å²) in [6.07, 6.45) is 0.243. The maximum absolute atomic E-state index is 14.7. The molecule has 4 aromatic heterocycles. The largest absolute Gasteiger partial charge is 0.504 e. The summed E-state index contributed by atoms with van der Waals surface area (Å²) in [5.74, 6) is -0.838. The van der Waals surface area contributed by atoms with Crippen molar-refractivity contribution in [1.82, 2.24) is 44.0 Å². The second-order valence-electron chi connectivity index (χ2n) is 14.4. The highest BCUT2D eigenvalue weighted by Crippen LogP contribution is 2.57. The Bertz CT molecular complexity index is 2630. The van der Waals surface area contributed by atoms with Crippen LogP contribution in [-0.4, -0.2) is 73.6 Å². The lowest BCUT2D eigenvalue weighted by molar-refractivity contribution is -0.137. The number of alkyl halides is 3. The normalized spacial score (nSPS) is 20.7. The average Bonchev–Trinajstić information content (AvgIpc) is 3.88. The number of aromatic nitrogens is 8. The van der Waals surface area contributed by atoms with Gasteiger partial charge >= 0.3 is 6.18 Å². The molecule has 2 aromatic carbocycles. The minimum atomic E-state index is -4.61. The van der Waals surface area contributed by atoms with Gasteiger partial charge in [-0.25, -0.2) is 0 Å². The van der Waals surface area contributed by atoms with Gasteiger partial charge in [0.2, 0.25) is 11.7 Å². The van der Waals surface area contributed by atoms with Crippen molar-refractivity contribution in [3.63, 3.8) is 0 Å². The molecule has 3 atom stereocenters. The van der Waals surface area contributed by atoms with E-state index in [-0.39, 0.29) is 63.7 Å². The molecule has 0 radical (unpaired) electrons. The topological polar surface area (TPSA) is 168 Å². The first kappa shape index (κ1) is 34.1. The van der Waals surface area contributed by atoms with Gasteiger partial charge in [-0.3, -0.25) is 24.2 Å². The molecular formula is C36H32ClF3N10O4. The average molecular weight is 761 g/mol. The number of likely N-dealkylation sites (tertiary alicyclic amines) is 1. The van der Waals surface area contributed by atoms with Gasteiger partial charge in [0.05, 0.1) is 21.8 Å². The maximum Gasteiger partial charge on any atom is 0.416 e. The van der Waals surface area contributed by atoms with Crippen LogP contribution in [-0.2, 0) is 36.4 Å². The Hall–Kier alpha value is -5.71. The third kappa shape index (κ3) is 5.11. The molecule has 54 heavy (non-hydrogen) atoms. The molecule has 278 valence electrons. The number of rotatable bonds is 5. The number of benzene rings is 2. The third-order valence-electron chi connectivity index (χ3n) is 11.4. The first-order valence-electron chi connectivity index (χ1n) is 17.4. The van der Waals surface area contributed by atoms with Gasteiger partial charge in [-0.1, -0.05) is 23.7 Å². The van der Waals surface area contributed by atoms with E-state index in [1.807, 2.05) is 31.4 Å². The molecule has 3 unspecified atom stereocenters. The third-order valence-corrected chi connectivity index (χ3v) is 11.8. The number of nitrogens with one attached hydrogen (secondary N) is 2. The van der Waals surface area contributed by atoms with E-state index in [4.69, 9.17) is 16.6 Å². The summed E-state index contributed by atoms with van der Waals surface area (Å²) < 4.78 is 44.5. The number of piperidine rings is 1. The number of hydrogen-bond acceptors (Lipinski definition) is 8. The van der Waals surface area contributed by atoms with Gasteiger partial charge < -0.3 is 19.9 Å². The van der Waals surface area contributed by atoms with Crippen molar-refractivity contribution in [2.24, 2.45) is 13.0 Å². The van der Waals surface area contributed by atoms with E-state index in [1.165, 1.54) is 4.52 Å². The molecule has 14 nitrogen and oxygen atoms in total. The van der Waals surface area contributed by atoms with Crippen LogP contribution < -0.4 is 10.9 Å². The van der Waals surface area contributed by atoms with Crippen LogP contribution >= 0.6 is 11.6 Å². The Morgan fingerprint density at radius 2 is 1.94 bits per heavy atom. The van der Waals surface area contributed by atoms with Gasteiger partial charge in [-0.05, 0) is 69.2 Å². The van der Waals surface area contributed by atoms with Crippen molar-refractivity contribution < 1.29 is 27.9 Å². The van der Waals surface area contributed by atoms with Crippen LogP contribution in [0, 0.1) is 12.8 Å². The van der Waals surface area contributed by atoms with Crippen molar-refractivity contribution in [3.05, 3.63) is 86.2 Å². The van der Waals surface area contributed by atoms with E-state index < -0.39 is 23.1 Å². The van der Waals surface area contributed by atoms with Gasteiger partial charge in [-0.2, -0.15) is 32.9 Å². The molecule has 5 heterocycles. The molecule has 2 amide bonds. The molecule has 18 heteroatoms. The number of anilines is 1. The number of carbonyl (C=O) groups is 2. The van der Waals surface area contributed by atoms with Crippen LogP contribution in [0.5, 0.6) is 5.75 Å². The first-order valence-corrected chi connectivity index (χ1v) is 17.8. The number of hydrogen-bond donors (Lipinski definition) is 3. The summed E-state index contributed by atoms with van der Waals surface area (Å²) in [6.45, 7) is 1.59. The Morgan fingerprint density at radius 1 is 1.13 bits per heavy atom. The number of fused-ring (bicyclic) bond motifs is 6. The smallest absolute Gasteiger partial charge is 0.416 e. The van der Waals surface area contributed by atoms with Gasteiger partial charge in [-0.15, -0.1) is 5.10 Å². The van der Waals surface area contributed by atoms with Crippen LogP contribution in [0.2, 0.25) is 5.02 Å². The lowest BCUT2D eigenvalue weighted by Gasteiger charge is -2.57. The van der Waals surface area contributed by atoms with Crippen LogP contribution in [0.25, 0.3) is 28.1 Å². The molecule has 1 spiro atoms. The molecule has 0 bridgehead atoms. The van der Waals surface area contributed by atoms with Crippen LogP contribution in [0.1, 0.15) is 58.7 Å². The zero-order valence-electron chi connectivity index (χ0n) is 28.9.